The fourth-order valence-electron chi connectivity index (χ4n) is 2.75. The molecule has 0 saturated carbocycles. The van der Waals surface area contributed by atoms with Gasteiger partial charge in [0.05, 0.1) is 10.5 Å². The van der Waals surface area contributed by atoms with Gasteiger partial charge in [-0.15, -0.1) is 0 Å². The van der Waals surface area contributed by atoms with Crippen molar-refractivity contribution in [2.75, 3.05) is 6.61 Å². The molecule has 0 saturated heterocycles. The number of aryl methyl sites for hydroxylation is 1. The first-order valence-corrected chi connectivity index (χ1v) is 10.6. The minimum absolute atomic E-state index is 0.0506. The van der Waals surface area contributed by atoms with Crippen LogP contribution in [0, 0.1) is 6.92 Å². The molecular formula is C21H26N2O5S. The van der Waals surface area contributed by atoms with Gasteiger partial charge in [0.2, 0.25) is 10.0 Å². The van der Waals surface area contributed by atoms with E-state index in [9.17, 15) is 18.0 Å². The molecule has 7 nitrogen and oxygen atoms in total. The van der Waals surface area contributed by atoms with Crippen molar-refractivity contribution in [1.82, 2.24) is 4.90 Å². The molecule has 8 heteroatoms. The number of amides is 1. The molecule has 0 heterocycles. The van der Waals surface area contributed by atoms with Gasteiger partial charge in [0, 0.05) is 12.1 Å². The molecule has 2 rings (SSSR count). The summed E-state index contributed by atoms with van der Waals surface area (Å²) in [6, 6.07) is 13.4. The highest BCUT2D eigenvalue weighted by atomic mass is 32.2. The normalized spacial score (nSPS) is 11.8. The van der Waals surface area contributed by atoms with Gasteiger partial charge in [-0.2, -0.15) is 0 Å². The molecule has 29 heavy (non-hydrogen) atoms. The summed E-state index contributed by atoms with van der Waals surface area (Å²) in [4.78, 5) is 26.7. The first kappa shape index (κ1) is 22.6. The minimum atomic E-state index is -3.96. The van der Waals surface area contributed by atoms with Crippen LogP contribution >= 0.6 is 0 Å². The van der Waals surface area contributed by atoms with Crippen molar-refractivity contribution in [2.24, 2.45) is 5.14 Å². The quantitative estimate of drug-likeness (QED) is 0.726. The Hall–Kier alpha value is -2.71. The first-order chi connectivity index (χ1) is 13.4. The second-order valence-electron chi connectivity index (χ2n) is 7.73. The number of primary sulfonamides is 1. The molecule has 156 valence electrons. The molecule has 2 aromatic rings. The lowest BCUT2D eigenvalue weighted by Crippen LogP contribution is -2.46. The highest BCUT2D eigenvalue weighted by Crippen LogP contribution is 2.19. The molecule has 2 aromatic carbocycles. The molecule has 2 N–H and O–H groups in total. The number of ether oxygens (including phenoxy) is 1. The molecule has 0 atom stereocenters. The first-order valence-electron chi connectivity index (χ1n) is 9.04. The van der Waals surface area contributed by atoms with E-state index in [1.54, 1.807) is 11.8 Å². The van der Waals surface area contributed by atoms with Crippen molar-refractivity contribution in [2.45, 2.75) is 44.7 Å². The van der Waals surface area contributed by atoms with Crippen LogP contribution in [0.1, 0.15) is 42.3 Å². The Balaban J connectivity index is 2.14. The lowest BCUT2D eigenvalue weighted by atomic mass is 10.0. The fourth-order valence-corrected chi connectivity index (χ4v) is 3.29. The maximum Gasteiger partial charge on any atom is 0.338 e. The highest BCUT2D eigenvalue weighted by molar-refractivity contribution is 7.89. The summed E-state index contributed by atoms with van der Waals surface area (Å²) in [6.07, 6.45) is 0. The zero-order chi connectivity index (χ0) is 21.8. The number of hydrogen-bond donors (Lipinski definition) is 1. The Morgan fingerprint density at radius 3 is 2.24 bits per heavy atom. The predicted octanol–water partition coefficient (Wildman–Crippen LogP) is 2.63. The van der Waals surface area contributed by atoms with Crippen molar-refractivity contribution in [3.8, 4) is 0 Å². The predicted molar refractivity (Wildman–Crippen MR) is 110 cm³/mol. The second-order valence-corrected chi connectivity index (χ2v) is 9.30. The van der Waals surface area contributed by atoms with E-state index in [-0.39, 0.29) is 16.4 Å². The standard InChI is InChI=1S/C21H26N2O5S/c1-15-10-11-17(29(22,26)27)12-18(15)20(25)28-14-19(24)23(21(2,3)4)13-16-8-6-5-7-9-16/h5-12H,13-14H2,1-4H3,(H2,22,26,27). The lowest BCUT2D eigenvalue weighted by molar-refractivity contribution is -0.140. The summed E-state index contributed by atoms with van der Waals surface area (Å²) < 4.78 is 28.2. The summed E-state index contributed by atoms with van der Waals surface area (Å²) in [7, 11) is -3.96. The van der Waals surface area contributed by atoms with Crippen LogP contribution in [0.2, 0.25) is 0 Å². The Kier molecular flexibility index (Phi) is 6.81. The van der Waals surface area contributed by atoms with Crippen LogP contribution in [0.15, 0.2) is 53.4 Å². The molecule has 0 unspecified atom stereocenters. The molecule has 0 fully saturated rings. The van der Waals surface area contributed by atoms with Gasteiger partial charge in [-0.3, -0.25) is 4.79 Å². The molecule has 0 radical (unpaired) electrons. The largest absolute Gasteiger partial charge is 0.452 e. The Morgan fingerprint density at radius 2 is 1.69 bits per heavy atom. The number of rotatable bonds is 6. The van der Waals surface area contributed by atoms with Crippen LogP contribution in [0.5, 0.6) is 0 Å². The Labute approximate surface area is 171 Å². The molecule has 0 aliphatic carbocycles. The molecule has 0 aromatic heterocycles. The highest BCUT2D eigenvalue weighted by Gasteiger charge is 2.27. The molecular weight excluding hydrogens is 392 g/mol. The minimum Gasteiger partial charge on any atom is -0.452 e. The SMILES string of the molecule is Cc1ccc(S(N)(=O)=O)cc1C(=O)OCC(=O)N(Cc1ccccc1)C(C)(C)C. The van der Waals surface area contributed by atoms with Crippen LogP contribution in [-0.4, -0.2) is 37.3 Å². The topological polar surface area (TPSA) is 107 Å². The van der Waals surface area contributed by atoms with Gasteiger partial charge in [0.15, 0.2) is 6.61 Å². The Bertz CT molecular complexity index is 995. The van der Waals surface area contributed by atoms with E-state index < -0.39 is 28.1 Å². The van der Waals surface area contributed by atoms with Gasteiger partial charge in [0.25, 0.3) is 5.91 Å². The zero-order valence-corrected chi connectivity index (χ0v) is 17.8. The summed E-state index contributed by atoms with van der Waals surface area (Å²) >= 11 is 0. The van der Waals surface area contributed by atoms with Gasteiger partial charge < -0.3 is 9.64 Å². The van der Waals surface area contributed by atoms with Crippen molar-refractivity contribution < 1.29 is 22.7 Å². The second kappa shape index (κ2) is 8.75. The smallest absolute Gasteiger partial charge is 0.338 e. The number of nitrogens with zero attached hydrogens (tertiary/aromatic N) is 1. The number of sulfonamides is 1. The van der Waals surface area contributed by atoms with E-state index in [1.807, 2.05) is 51.1 Å². The van der Waals surface area contributed by atoms with Gasteiger partial charge >= 0.3 is 5.97 Å². The molecule has 1 amide bonds. The van der Waals surface area contributed by atoms with Crippen LogP contribution in [0.25, 0.3) is 0 Å². The summed E-state index contributed by atoms with van der Waals surface area (Å²) in [5, 5.41) is 5.12. The van der Waals surface area contributed by atoms with Crippen molar-refractivity contribution >= 4 is 21.9 Å². The number of benzene rings is 2. The third-order valence-corrected chi connectivity index (χ3v) is 5.29. The number of esters is 1. The Morgan fingerprint density at radius 1 is 1.07 bits per heavy atom. The third-order valence-electron chi connectivity index (χ3n) is 4.38. The van der Waals surface area contributed by atoms with Crippen molar-refractivity contribution in [3.05, 3.63) is 65.2 Å². The summed E-state index contributed by atoms with van der Waals surface area (Å²) in [5.74, 6) is -1.13. The van der Waals surface area contributed by atoms with Crippen LogP contribution in [-0.2, 0) is 26.1 Å². The third kappa shape index (κ3) is 6.13. The lowest BCUT2D eigenvalue weighted by Gasteiger charge is -2.35. The van der Waals surface area contributed by atoms with Gasteiger partial charge in [0.1, 0.15) is 0 Å². The summed E-state index contributed by atoms with van der Waals surface area (Å²) in [5.41, 5.74) is 1.04. The maximum absolute atomic E-state index is 12.8. The van der Waals surface area contributed by atoms with E-state index in [4.69, 9.17) is 9.88 Å². The molecule has 0 bridgehead atoms. The van der Waals surface area contributed by atoms with Crippen molar-refractivity contribution in [1.29, 1.82) is 0 Å². The number of nitrogens with two attached hydrogens (primary N) is 1. The maximum atomic E-state index is 12.8. The van der Waals surface area contributed by atoms with E-state index in [0.29, 0.717) is 12.1 Å². The average molecular weight is 419 g/mol. The molecule has 0 spiro atoms. The van der Waals surface area contributed by atoms with Crippen molar-refractivity contribution in [3.63, 3.8) is 0 Å². The number of hydrogen-bond acceptors (Lipinski definition) is 5. The molecule has 0 aliphatic heterocycles. The average Bonchev–Trinajstić information content (AvgIpc) is 2.63. The molecule has 0 aliphatic rings. The fraction of sp³-hybridized carbons (Fsp3) is 0.333. The number of carbonyl (C=O) groups is 2. The van der Waals surface area contributed by atoms with E-state index in [2.05, 4.69) is 0 Å². The zero-order valence-electron chi connectivity index (χ0n) is 17.0. The van der Waals surface area contributed by atoms with E-state index in [0.717, 1.165) is 11.6 Å². The summed E-state index contributed by atoms with van der Waals surface area (Å²) in [6.45, 7) is 7.25. The van der Waals surface area contributed by atoms with Crippen LogP contribution in [0.4, 0.5) is 0 Å². The van der Waals surface area contributed by atoms with Crippen LogP contribution < -0.4 is 5.14 Å². The van der Waals surface area contributed by atoms with E-state index >= 15 is 0 Å². The monoisotopic (exact) mass is 418 g/mol. The van der Waals surface area contributed by atoms with E-state index in [1.165, 1.54) is 12.1 Å². The van der Waals surface area contributed by atoms with Gasteiger partial charge in [-0.05, 0) is 51.0 Å². The number of carbonyl (C=O) groups excluding carboxylic acids is 2. The van der Waals surface area contributed by atoms with Gasteiger partial charge in [-0.1, -0.05) is 36.4 Å². The van der Waals surface area contributed by atoms with Gasteiger partial charge in [-0.25, -0.2) is 18.4 Å². The van der Waals surface area contributed by atoms with Crippen LogP contribution in [0.3, 0.4) is 0 Å².